The van der Waals surface area contributed by atoms with Gasteiger partial charge in [-0.2, -0.15) is 0 Å². The van der Waals surface area contributed by atoms with E-state index in [-0.39, 0.29) is 21.8 Å². The zero-order valence-corrected chi connectivity index (χ0v) is 25.8. The van der Waals surface area contributed by atoms with Crippen molar-refractivity contribution >= 4 is 33.4 Å². The molecule has 43 heavy (non-hydrogen) atoms. The molecule has 3 atom stereocenters. The Balaban J connectivity index is 1.16. The summed E-state index contributed by atoms with van der Waals surface area (Å²) in [5, 5.41) is 0.747. The number of ether oxygens (including phenoxy) is 2. The Bertz CT molecular complexity index is 1600. The lowest BCUT2D eigenvalue weighted by Crippen LogP contribution is -2.64. The van der Waals surface area contributed by atoms with E-state index < -0.39 is 16.1 Å². The number of anilines is 1. The Kier molecular flexibility index (Phi) is 6.55. The number of sulfonamides is 1. The highest BCUT2D eigenvalue weighted by molar-refractivity contribution is 7.90. The van der Waals surface area contributed by atoms with E-state index in [0.29, 0.717) is 24.2 Å². The molecule has 1 amide bonds. The van der Waals surface area contributed by atoms with E-state index in [1.807, 2.05) is 6.07 Å². The van der Waals surface area contributed by atoms with Crippen LogP contribution in [0.5, 0.6) is 5.75 Å². The number of benzene rings is 2. The number of rotatable bonds is 0. The molecule has 2 aromatic carbocycles. The van der Waals surface area contributed by atoms with Crippen LogP contribution in [0.4, 0.5) is 10.5 Å². The van der Waals surface area contributed by atoms with Gasteiger partial charge in [0.2, 0.25) is 0 Å². The van der Waals surface area contributed by atoms with Crippen LogP contribution in [0.15, 0.2) is 53.4 Å². The standard InChI is InChI=1S/C33H38ClN3O5S/c34-25-7-9-28-23(13-25)3-1-11-33(28)20-37-17-24-6-5-22(24)4-2-12-36-18-32(19-36)15-26(16-32)42-31(38)35-43(39,40)27-8-10-30(41-21-33)29(37)14-27/h2,4,7-10,13-14,22,24,26H,1,3,5-6,11-12,15-21H2,(H,35,38)/b4-2+/t22-,24-,33-/m0/s1. The molecule has 2 saturated carbocycles. The molecule has 3 aliphatic carbocycles. The normalized spacial score (nSPS) is 36.6. The van der Waals surface area contributed by atoms with Gasteiger partial charge < -0.3 is 14.4 Å². The van der Waals surface area contributed by atoms with Gasteiger partial charge in [0.15, 0.2) is 0 Å². The van der Waals surface area contributed by atoms with E-state index in [0.717, 1.165) is 82.0 Å². The van der Waals surface area contributed by atoms with Crippen molar-refractivity contribution in [3.05, 3.63) is 64.7 Å². The van der Waals surface area contributed by atoms with Gasteiger partial charge in [0, 0.05) is 48.6 Å². The molecule has 5 bridgehead atoms. The summed E-state index contributed by atoms with van der Waals surface area (Å²) in [4.78, 5) is 17.5. The first-order chi connectivity index (χ1) is 20.7. The zero-order chi connectivity index (χ0) is 29.4. The number of carbonyl (C=O) groups excluding carboxylic acids is 1. The Morgan fingerprint density at radius 3 is 2.72 bits per heavy atom. The van der Waals surface area contributed by atoms with Crippen LogP contribution in [0.3, 0.4) is 0 Å². The van der Waals surface area contributed by atoms with Crippen molar-refractivity contribution in [2.24, 2.45) is 17.3 Å². The third-order valence-electron chi connectivity index (χ3n) is 10.9. The first kappa shape index (κ1) is 27.8. The largest absolute Gasteiger partial charge is 0.490 e. The summed E-state index contributed by atoms with van der Waals surface area (Å²) < 4.78 is 41.1. The minimum atomic E-state index is -4.14. The van der Waals surface area contributed by atoms with Gasteiger partial charge in [-0.05, 0) is 98.2 Å². The van der Waals surface area contributed by atoms with Crippen LogP contribution < -0.4 is 14.4 Å². The molecule has 8 nitrogen and oxygen atoms in total. The lowest BCUT2D eigenvalue weighted by Gasteiger charge is -2.58. The molecule has 1 saturated heterocycles. The van der Waals surface area contributed by atoms with E-state index >= 15 is 0 Å². The number of allylic oxidation sites excluding steroid dienone is 1. The number of nitrogens with zero attached hydrogens (tertiary/aromatic N) is 2. The van der Waals surface area contributed by atoms with Crippen LogP contribution in [0.2, 0.25) is 5.02 Å². The second-order valence-electron chi connectivity index (χ2n) is 13.9. The molecular weight excluding hydrogens is 586 g/mol. The number of fused-ring (bicyclic) bond motifs is 2. The van der Waals surface area contributed by atoms with Crippen molar-refractivity contribution in [2.45, 2.75) is 61.4 Å². The van der Waals surface area contributed by atoms with Gasteiger partial charge in [0.05, 0.1) is 17.2 Å². The minimum Gasteiger partial charge on any atom is -0.490 e. The number of hydrogen-bond donors (Lipinski definition) is 1. The smallest absolute Gasteiger partial charge is 0.421 e. The van der Waals surface area contributed by atoms with Gasteiger partial charge in [0.25, 0.3) is 10.0 Å². The molecular formula is C33H38ClN3O5S. The predicted molar refractivity (Wildman–Crippen MR) is 164 cm³/mol. The van der Waals surface area contributed by atoms with Gasteiger partial charge in [-0.25, -0.2) is 17.9 Å². The first-order valence-corrected chi connectivity index (χ1v) is 17.5. The number of aryl methyl sites for hydroxylation is 1. The molecule has 0 unspecified atom stereocenters. The molecule has 3 fully saturated rings. The van der Waals surface area contributed by atoms with Crippen LogP contribution in [-0.2, 0) is 26.6 Å². The fourth-order valence-electron chi connectivity index (χ4n) is 8.63. The van der Waals surface area contributed by atoms with Gasteiger partial charge in [-0.1, -0.05) is 29.8 Å². The summed E-state index contributed by atoms with van der Waals surface area (Å²) >= 11 is 6.40. The van der Waals surface area contributed by atoms with Crippen molar-refractivity contribution in [3.63, 3.8) is 0 Å². The SMILES string of the molecule is O=C1NS(=O)(=O)c2ccc3c(c2)N(C[C@@H]2CC[C@@H]2/C=C/CN2CC4(CC(C4)O1)C2)C[C@@]1(CCCc2cc(Cl)ccc21)CO3. The van der Waals surface area contributed by atoms with Crippen molar-refractivity contribution in [3.8, 4) is 5.75 Å². The predicted octanol–water partition coefficient (Wildman–Crippen LogP) is 5.29. The van der Waals surface area contributed by atoms with Crippen molar-refractivity contribution < 1.29 is 22.7 Å². The van der Waals surface area contributed by atoms with E-state index in [1.54, 1.807) is 12.1 Å². The average Bonchev–Trinajstić information content (AvgIpc) is 3.06. The Labute approximate surface area is 258 Å². The van der Waals surface area contributed by atoms with Gasteiger partial charge in [-0.15, -0.1) is 0 Å². The second kappa shape index (κ2) is 10.1. The summed E-state index contributed by atoms with van der Waals surface area (Å²) in [5.41, 5.74) is 3.27. The zero-order valence-electron chi connectivity index (χ0n) is 24.3. The van der Waals surface area contributed by atoms with Crippen LogP contribution in [0.25, 0.3) is 0 Å². The summed E-state index contributed by atoms with van der Waals surface area (Å²) in [7, 11) is -4.14. The summed E-state index contributed by atoms with van der Waals surface area (Å²) in [6.45, 7) is 4.99. The molecule has 0 radical (unpaired) electrons. The average molecular weight is 624 g/mol. The topological polar surface area (TPSA) is 88.2 Å². The van der Waals surface area contributed by atoms with Gasteiger partial charge >= 0.3 is 6.09 Å². The molecule has 5 aliphatic heterocycles. The maximum Gasteiger partial charge on any atom is 0.421 e. The molecule has 2 aromatic rings. The van der Waals surface area contributed by atoms with Crippen LogP contribution >= 0.6 is 11.6 Å². The number of carbonyl (C=O) groups is 1. The first-order valence-electron chi connectivity index (χ1n) is 15.6. The highest BCUT2D eigenvalue weighted by Crippen LogP contribution is 2.50. The molecule has 10 heteroatoms. The second-order valence-corrected chi connectivity index (χ2v) is 16.0. The maximum atomic E-state index is 13.4. The van der Waals surface area contributed by atoms with Gasteiger partial charge in [-0.3, -0.25) is 4.90 Å². The van der Waals surface area contributed by atoms with Crippen LogP contribution in [-0.4, -0.2) is 64.8 Å². The molecule has 5 heterocycles. The third kappa shape index (κ3) is 4.92. The third-order valence-corrected chi connectivity index (χ3v) is 12.5. The van der Waals surface area contributed by atoms with Crippen molar-refractivity contribution in [1.29, 1.82) is 0 Å². The number of hydrogen-bond acceptors (Lipinski definition) is 7. The molecule has 228 valence electrons. The summed E-state index contributed by atoms with van der Waals surface area (Å²) in [6, 6.07) is 11.2. The molecule has 10 rings (SSSR count). The lowest BCUT2D eigenvalue weighted by atomic mass is 9.62. The fraction of sp³-hybridized carbons (Fsp3) is 0.545. The number of amides is 1. The number of halogens is 1. The number of nitrogens with one attached hydrogen (secondary N) is 1. The van der Waals surface area contributed by atoms with E-state index in [9.17, 15) is 13.2 Å². The van der Waals surface area contributed by atoms with Crippen molar-refractivity contribution in [2.75, 3.05) is 44.2 Å². The monoisotopic (exact) mass is 623 g/mol. The van der Waals surface area contributed by atoms with Crippen molar-refractivity contribution in [1.82, 2.24) is 9.62 Å². The van der Waals surface area contributed by atoms with Gasteiger partial charge in [0.1, 0.15) is 11.9 Å². The highest BCUT2D eigenvalue weighted by atomic mass is 35.5. The molecule has 1 N–H and O–H groups in total. The lowest BCUT2D eigenvalue weighted by molar-refractivity contribution is -0.125. The summed E-state index contributed by atoms with van der Waals surface area (Å²) in [5.74, 6) is 1.65. The fourth-order valence-corrected chi connectivity index (χ4v) is 9.72. The Morgan fingerprint density at radius 1 is 1.05 bits per heavy atom. The Morgan fingerprint density at radius 2 is 1.91 bits per heavy atom. The summed E-state index contributed by atoms with van der Waals surface area (Å²) in [6.07, 6.45) is 10.5. The molecule has 8 aliphatic rings. The van der Waals surface area contributed by atoms with E-state index in [4.69, 9.17) is 21.1 Å². The molecule has 0 aromatic heterocycles. The maximum absolute atomic E-state index is 13.4. The quantitative estimate of drug-likeness (QED) is 0.399. The van der Waals surface area contributed by atoms with Crippen LogP contribution in [0, 0.1) is 17.3 Å². The van der Waals surface area contributed by atoms with E-state index in [1.165, 1.54) is 23.6 Å². The minimum absolute atomic E-state index is 0.0336. The van der Waals surface area contributed by atoms with E-state index in [2.05, 4.69) is 38.8 Å². The van der Waals surface area contributed by atoms with Crippen LogP contribution in [0.1, 0.15) is 49.7 Å². The highest BCUT2D eigenvalue weighted by Gasteiger charge is 2.53. The Hall–Kier alpha value is -2.75. The molecule has 2 spiro atoms.